The standard InChI is InChI=1S/C15H17N5O/c1-11-13-9-12(10-16-15(13)19-18-11)17-14(21)5-4-8-20-6-2-3-7-20/h2-3,6-7,9-10H,4-5,8H2,1H3,(H,17,21)(H,16,18,19). The third kappa shape index (κ3) is 3.10. The molecule has 6 heteroatoms. The lowest BCUT2D eigenvalue weighted by Gasteiger charge is -2.05. The van der Waals surface area contributed by atoms with Crippen molar-refractivity contribution in [1.82, 2.24) is 19.7 Å². The molecule has 1 amide bonds. The summed E-state index contributed by atoms with van der Waals surface area (Å²) in [5, 5.41) is 10.8. The number of fused-ring (bicyclic) bond motifs is 1. The average Bonchev–Trinajstić information content (AvgIpc) is 3.10. The lowest BCUT2D eigenvalue weighted by Crippen LogP contribution is -2.12. The molecule has 0 fully saturated rings. The maximum atomic E-state index is 11.9. The van der Waals surface area contributed by atoms with Gasteiger partial charge in [-0.1, -0.05) is 0 Å². The van der Waals surface area contributed by atoms with Crippen LogP contribution < -0.4 is 5.32 Å². The molecular weight excluding hydrogens is 266 g/mol. The maximum absolute atomic E-state index is 11.9. The van der Waals surface area contributed by atoms with Gasteiger partial charge in [0.2, 0.25) is 5.91 Å². The minimum absolute atomic E-state index is 0.00412. The van der Waals surface area contributed by atoms with Crippen molar-refractivity contribution in [3.8, 4) is 0 Å². The number of nitrogens with zero attached hydrogens (tertiary/aromatic N) is 3. The van der Waals surface area contributed by atoms with Crippen molar-refractivity contribution in [3.63, 3.8) is 0 Å². The molecule has 3 heterocycles. The highest BCUT2D eigenvalue weighted by atomic mass is 16.1. The topological polar surface area (TPSA) is 75.6 Å². The number of anilines is 1. The number of carbonyl (C=O) groups excluding carboxylic acids is 1. The van der Waals surface area contributed by atoms with Gasteiger partial charge in [0, 0.05) is 36.4 Å². The fourth-order valence-corrected chi connectivity index (χ4v) is 2.25. The number of nitrogens with one attached hydrogen (secondary N) is 2. The first-order chi connectivity index (χ1) is 10.2. The third-order valence-electron chi connectivity index (χ3n) is 3.37. The van der Waals surface area contributed by atoms with Crippen LogP contribution in [-0.4, -0.2) is 25.7 Å². The van der Waals surface area contributed by atoms with Crippen LogP contribution in [0.2, 0.25) is 0 Å². The van der Waals surface area contributed by atoms with E-state index in [1.807, 2.05) is 37.5 Å². The summed E-state index contributed by atoms with van der Waals surface area (Å²) in [5.41, 5.74) is 2.32. The van der Waals surface area contributed by atoms with E-state index in [4.69, 9.17) is 0 Å². The van der Waals surface area contributed by atoms with E-state index in [0.29, 0.717) is 17.8 Å². The van der Waals surface area contributed by atoms with Crippen molar-refractivity contribution in [2.45, 2.75) is 26.3 Å². The largest absolute Gasteiger partial charge is 0.354 e. The highest BCUT2D eigenvalue weighted by Crippen LogP contribution is 2.17. The second kappa shape index (κ2) is 5.78. The van der Waals surface area contributed by atoms with Crippen LogP contribution >= 0.6 is 0 Å². The van der Waals surface area contributed by atoms with Gasteiger partial charge in [0.15, 0.2) is 5.65 Å². The predicted molar refractivity (Wildman–Crippen MR) is 80.9 cm³/mol. The normalized spacial score (nSPS) is 10.9. The first-order valence-corrected chi connectivity index (χ1v) is 6.94. The number of aromatic nitrogens is 4. The fraction of sp³-hybridized carbons (Fsp3) is 0.267. The minimum atomic E-state index is 0.00412. The lowest BCUT2D eigenvalue weighted by atomic mass is 10.2. The first-order valence-electron chi connectivity index (χ1n) is 6.94. The van der Waals surface area contributed by atoms with E-state index in [9.17, 15) is 4.79 Å². The van der Waals surface area contributed by atoms with Crippen molar-refractivity contribution in [1.29, 1.82) is 0 Å². The van der Waals surface area contributed by atoms with Gasteiger partial charge in [0.05, 0.1) is 11.9 Å². The van der Waals surface area contributed by atoms with Gasteiger partial charge in [-0.2, -0.15) is 5.10 Å². The molecule has 0 spiro atoms. The zero-order chi connectivity index (χ0) is 14.7. The Labute approximate surface area is 122 Å². The van der Waals surface area contributed by atoms with E-state index < -0.39 is 0 Å². The summed E-state index contributed by atoms with van der Waals surface area (Å²) in [6.07, 6.45) is 6.92. The molecule has 0 aromatic carbocycles. The Bertz CT molecular complexity index is 745. The zero-order valence-electron chi connectivity index (χ0n) is 11.8. The second-order valence-electron chi connectivity index (χ2n) is 5.02. The van der Waals surface area contributed by atoms with Crippen molar-refractivity contribution in [2.24, 2.45) is 0 Å². The van der Waals surface area contributed by atoms with Gasteiger partial charge in [-0.3, -0.25) is 9.89 Å². The van der Waals surface area contributed by atoms with Gasteiger partial charge in [0.1, 0.15) is 0 Å². The van der Waals surface area contributed by atoms with E-state index in [0.717, 1.165) is 24.0 Å². The number of pyridine rings is 1. The number of aromatic amines is 1. The number of hydrogen-bond donors (Lipinski definition) is 2. The molecule has 108 valence electrons. The number of rotatable bonds is 5. The van der Waals surface area contributed by atoms with Gasteiger partial charge >= 0.3 is 0 Å². The fourth-order valence-electron chi connectivity index (χ4n) is 2.25. The summed E-state index contributed by atoms with van der Waals surface area (Å²) in [6, 6.07) is 5.85. The molecule has 0 radical (unpaired) electrons. The molecule has 3 aromatic rings. The molecule has 0 aliphatic heterocycles. The predicted octanol–water partition coefficient (Wildman–Crippen LogP) is 2.49. The van der Waals surface area contributed by atoms with Crippen LogP contribution in [0, 0.1) is 6.92 Å². The Balaban J connectivity index is 1.56. The molecule has 0 saturated carbocycles. The maximum Gasteiger partial charge on any atom is 0.224 e. The molecule has 0 unspecified atom stereocenters. The Morgan fingerprint density at radius 3 is 3.00 bits per heavy atom. The third-order valence-corrected chi connectivity index (χ3v) is 3.37. The number of hydrogen-bond acceptors (Lipinski definition) is 3. The van der Waals surface area contributed by atoms with Gasteiger partial charge < -0.3 is 9.88 Å². The minimum Gasteiger partial charge on any atom is -0.354 e. The van der Waals surface area contributed by atoms with Crippen LogP contribution in [0.3, 0.4) is 0 Å². The van der Waals surface area contributed by atoms with E-state index in [-0.39, 0.29) is 5.91 Å². The number of carbonyl (C=O) groups is 1. The van der Waals surface area contributed by atoms with Crippen molar-refractivity contribution >= 4 is 22.6 Å². The van der Waals surface area contributed by atoms with Crippen molar-refractivity contribution < 1.29 is 4.79 Å². The molecule has 0 saturated heterocycles. The molecule has 0 bridgehead atoms. The molecule has 21 heavy (non-hydrogen) atoms. The summed E-state index contributed by atoms with van der Waals surface area (Å²) in [4.78, 5) is 16.1. The SMILES string of the molecule is Cc1[nH]nc2ncc(NC(=O)CCCn3cccc3)cc12. The highest BCUT2D eigenvalue weighted by Gasteiger charge is 2.07. The van der Waals surface area contributed by atoms with E-state index in [2.05, 4.69) is 25.1 Å². The Morgan fingerprint density at radius 1 is 1.38 bits per heavy atom. The molecule has 6 nitrogen and oxygen atoms in total. The van der Waals surface area contributed by atoms with Crippen LogP contribution in [0.15, 0.2) is 36.8 Å². The molecular formula is C15H17N5O. The monoisotopic (exact) mass is 283 g/mol. The van der Waals surface area contributed by atoms with Gasteiger partial charge in [-0.25, -0.2) is 4.98 Å². The van der Waals surface area contributed by atoms with Gasteiger partial charge in [0.25, 0.3) is 0 Å². The smallest absolute Gasteiger partial charge is 0.224 e. The summed E-state index contributed by atoms with van der Waals surface area (Å²) >= 11 is 0. The van der Waals surface area contributed by atoms with E-state index in [1.54, 1.807) is 6.20 Å². The quantitative estimate of drug-likeness (QED) is 0.755. The summed E-state index contributed by atoms with van der Waals surface area (Å²) in [7, 11) is 0. The number of aryl methyl sites for hydroxylation is 2. The Morgan fingerprint density at radius 2 is 2.19 bits per heavy atom. The van der Waals surface area contributed by atoms with Crippen molar-refractivity contribution in [3.05, 3.63) is 42.5 Å². The summed E-state index contributed by atoms with van der Waals surface area (Å²) < 4.78 is 2.07. The Hall–Kier alpha value is -2.63. The second-order valence-corrected chi connectivity index (χ2v) is 5.02. The molecule has 0 aliphatic rings. The van der Waals surface area contributed by atoms with Crippen LogP contribution in [0.25, 0.3) is 11.0 Å². The average molecular weight is 283 g/mol. The van der Waals surface area contributed by atoms with E-state index in [1.165, 1.54) is 0 Å². The molecule has 0 atom stereocenters. The van der Waals surface area contributed by atoms with Crippen LogP contribution in [-0.2, 0) is 11.3 Å². The van der Waals surface area contributed by atoms with E-state index >= 15 is 0 Å². The molecule has 0 aliphatic carbocycles. The van der Waals surface area contributed by atoms with Crippen LogP contribution in [0.1, 0.15) is 18.5 Å². The van der Waals surface area contributed by atoms with Crippen LogP contribution in [0.5, 0.6) is 0 Å². The first kappa shape index (κ1) is 13.4. The molecule has 3 aromatic heterocycles. The molecule has 2 N–H and O–H groups in total. The van der Waals surface area contributed by atoms with Gasteiger partial charge in [-0.05, 0) is 31.5 Å². The summed E-state index contributed by atoms with van der Waals surface area (Å²) in [6.45, 7) is 2.78. The number of H-pyrrole nitrogens is 1. The van der Waals surface area contributed by atoms with Crippen molar-refractivity contribution in [2.75, 3.05) is 5.32 Å². The lowest BCUT2D eigenvalue weighted by molar-refractivity contribution is -0.116. The molecule has 3 rings (SSSR count). The zero-order valence-corrected chi connectivity index (χ0v) is 11.8. The Kier molecular flexibility index (Phi) is 3.68. The summed E-state index contributed by atoms with van der Waals surface area (Å²) in [5.74, 6) is 0.00412. The number of amides is 1. The van der Waals surface area contributed by atoms with Gasteiger partial charge in [-0.15, -0.1) is 0 Å². The highest BCUT2D eigenvalue weighted by molar-refractivity contribution is 5.92. The van der Waals surface area contributed by atoms with Crippen LogP contribution in [0.4, 0.5) is 5.69 Å².